The van der Waals surface area contributed by atoms with Gasteiger partial charge in [-0.25, -0.2) is 4.98 Å². The summed E-state index contributed by atoms with van der Waals surface area (Å²) in [6, 6.07) is 9.15. The third kappa shape index (κ3) is 3.42. The van der Waals surface area contributed by atoms with Gasteiger partial charge in [0.1, 0.15) is 6.33 Å². The lowest BCUT2D eigenvalue weighted by Crippen LogP contribution is -2.41. The Morgan fingerprint density at radius 3 is 2.89 bits per heavy atom. The predicted octanol–water partition coefficient (Wildman–Crippen LogP) is 2.27. The number of ether oxygens (including phenoxy) is 2. The Morgan fingerprint density at radius 2 is 2.04 bits per heavy atom. The number of aromatic nitrogens is 4. The molecule has 0 bridgehead atoms. The van der Waals surface area contributed by atoms with Crippen molar-refractivity contribution < 1.29 is 14.3 Å². The van der Waals surface area contributed by atoms with Gasteiger partial charge >= 0.3 is 0 Å². The summed E-state index contributed by atoms with van der Waals surface area (Å²) in [5, 5.41) is 4.26. The molecular weight excluding hydrogens is 346 g/mol. The van der Waals surface area contributed by atoms with Crippen molar-refractivity contribution in [2.45, 2.75) is 25.3 Å². The molecule has 8 nitrogen and oxygen atoms in total. The number of fused-ring (bicyclic) bond motifs is 1. The number of amides is 1. The van der Waals surface area contributed by atoms with Crippen LogP contribution in [0.5, 0.6) is 11.5 Å². The van der Waals surface area contributed by atoms with Gasteiger partial charge in [-0.05, 0) is 37.5 Å². The Bertz CT molecular complexity index is 942. The standard InChI is InChI=1S/C19H21N5O3/c1-26-16-7-2-3-8-17(16)27-12-18(25)23-11-5-4-6-14(23)15-9-10-20-19-21-13-22-24(15)19/h2-3,7-10,13-14H,4-6,11-12H2,1H3/t14-/m1/s1. The number of nitrogens with zero attached hydrogens (tertiary/aromatic N) is 5. The summed E-state index contributed by atoms with van der Waals surface area (Å²) in [4.78, 5) is 23.1. The lowest BCUT2D eigenvalue weighted by atomic mass is 9.99. The molecule has 2 aromatic heterocycles. The molecule has 0 saturated carbocycles. The first-order valence-corrected chi connectivity index (χ1v) is 8.98. The summed E-state index contributed by atoms with van der Waals surface area (Å²) in [6.07, 6.45) is 6.09. The lowest BCUT2D eigenvalue weighted by molar-refractivity contribution is -0.137. The van der Waals surface area contributed by atoms with Crippen LogP contribution >= 0.6 is 0 Å². The normalized spacial score (nSPS) is 17.1. The van der Waals surface area contributed by atoms with Crippen LogP contribution < -0.4 is 9.47 Å². The Labute approximate surface area is 156 Å². The molecule has 3 heterocycles. The van der Waals surface area contributed by atoms with E-state index in [1.807, 2.05) is 29.2 Å². The van der Waals surface area contributed by atoms with Crippen molar-refractivity contribution in [1.29, 1.82) is 0 Å². The molecule has 1 amide bonds. The van der Waals surface area contributed by atoms with Crippen molar-refractivity contribution >= 4 is 11.7 Å². The number of rotatable bonds is 5. The van der Waals surface area contributed by atoms with Gasteiger partial charge < -0.3 is 14.4 Å². The van der Waals surface area contributed by atoms with E-state index in [4.69, 9.17) is 9.47 Å². The van der Waals surface area contributed by atoms with Crippen molar-refractivity contribution in [3.05, 3.63) is 48.5 Å². The smallest absolute Gasteiger partial charge is 0.261 e. The van der Waals surface area contributed by atoms with Gasteiger partial charge in [-0.2, -0.15) is 14.6 Å². The molecular formula is C19H21N5O3. The molecule has 3 aromatic rings. The highest BCUT2D eigenvalue weighted by atomic mass is 16.5. The molecule has 1 aliphatic heterocycles. The van der Waals surface area contributed by atoms with E-state index < -0.39 is 0 Å². The Morgan fingerprint density at radius 1 is 1.19 bits per heavy atom. The van der Waals surface area contributed by atoms with Crippen molar-refractivity contribution in [2.24, 2.45) is 0 Å². The van der Waals surface area contributed by atoms with Crippen molar-refractivity contribution in [2.75, 3.05) is 20.3 Å². The zero-order chi connectivity index (χ0) is 18.6. The van der Waals surface area contributed by atoms with Crippen molar-refractivity contribution in [3.8, 4) is 11.5 Å². The molecule has 1 atom stereocenters. The zero-order valence-corrected chi connectivity index (χ0v) is 15.1. The monoisotopic (exact) mass is 367 g/mol. The molecule has 0 aliphatic carbocycles. The van der Waals surface area contributed by atoms with Crippen LogP contribution in [0.1, 0.15) is 31.0 Å². The van der Waals surface area contributed by atoms with Crippen LogP contribution in [0.3, 0.4) is 0 Å². The summed E-state index contributed by atoms with van der Waals surface area (Å²) in [7, 11) is 1.58. The minimum atomic E-state index is -0.0697. The maximum absolute atomic E-state index is 12.9. The largest absolute Gasteiger partial charge is 0.493 e. The molecule has 0 spiro atoms. The van der Waals surface area contributed by atoms with Gasteiger partial charge in [0.25, 0.3) is 11.7 Å². The fraction of sp³-hybridized carbons (Fsp3) is 0.368. The Hall–Kier alpha value is -3.16. The number of likely N-dealkylation sites (tertiary alicyclic amines) is 1. The highest BCUT2D eigenvalue weighted by Crippen LogP contribution is 2.31. The lowest BCUT2D eigenvalue weighted by Gasteiger charge is -2.35. The van der Waals surface area contributed by atoms with Gasteiger partial charge in [0.2, 0.25) is 0 Å². The molecule has 27 heavy (non-hydrogen) atoms. The summed E-state index contributed by atoms with van der Waals surface area (Å²) in [5.74, 6) is 1.65. The van der Waals surface area contributed by atoms with Crippen LogP contribution in [-0.4, -0.2) is 50.7 Å². The Kier molecular flexibility index (Phi) is 4.86. The SMILES string of the molecule is COc1ccccc1OCC(=O)N1CCCC[C@@H]1c1ccnc2ncnn12. The third-order valence-electron chi connectivity index (χ3n) is 4.79. The van der Waals surface area contributed by atoms with E-state index in [0.717, 1.165) is 25.0 Å². The molecule has 1 fully saturated rings. The summed E-state index contributed by atoms with van der Waals surface area (Å²) in [6.45, 7) is 0.653. The predicted molar refractivity (Wildman–Crippen MR) is 97.6 cm³/mol. The van der Waals surface area contributed by atoms with E-state index >= 15 is 0 Å². The maximum atomic E-state index is 12.9. The van der Waals surface area contributed by atoms with E-state index in [9.17, 15) is 4.79 Å². The Balaban J connectivity index is 1.54. The number of carbonyl (C=O) groups excluding carboxylic acids is 1. The quantitative estimate of drug-likeness (QED) is 0.688. The third-order valence-corrected chi connectivity index (χ3v) is 4.79. The first-order chi connectivity index (χ1) is 13.3. The topological polar surface area (TPSA) is 81.9 Å². The molecule has 0 radical (unpaired) electrons. The maximum Gasteiger partial charge on any atom is 0.261 e. The van der Waals surface area contributed by atoms with Crippen LogP contribution in [-0.2, 0) is 4.79 Å². The highest BCUT2D eigenvalue weighted by Gasteiger charge is 2.30. The number of hydrogen-bond donors (Lipinski definition) is 0. The van der Waals surface area contributed by atoms with Crippen LogP contribution in [0.25, 0.3) is 5.78 Å². The molecule has 8 heteroatoms. The van der Waals surface area contributed by atoms with E-state index in [2.05, 4.69) is 15.1 Å². The van der Waals surface area contributed by atoms with Crippen LogP contribution in [0.15, 0.2) is 42.9 Å². The second-order valence-corrected chi connectivity index (χ2v) is 6.38. The summed E-state index contributed by atoms with van der Waals surface area (Å²) >= 11 is 0. The van der Waals surface area contributed by atoms with Crippen molar-refractivity contribution in [1.82, 2.24) is 24.5 Å². The average Bonchev–Trinajstić information content (AvgIpc) is 3.21. The van der Waals surface area contributed by atoms with Crippen LogP contribution in [0.4, 0.5) is 0 Å². The summed E-state index contributed by atoms with van der Waals surface area (Å²) in [5.41, 5.74) is 0.919. The molecule has 0 N–H and O–H groups in total. The number of hydrogen-bond acceptors (Lipinski definition) is 6. The van der Waals surface area contributed by atoms with E-state index in [-0.39, 0.29) is 18.6 Å². The number of para-hydroxylation sites is 2. The molecule has 140 valence electrons. The van der Waals surface area contributed by atoms with E-state index in [0.29, 0.717) is 23.8 Å². The van der Waals surface area contributed by atoms with Crippen LogP contribution in [0.2, 0.25) is 0 Å². The van der Waals surface area contributed by atoms with Gasteiger partial charge in [-0.1, -0.05) is 12.1 Å². The molecule has 1 aromatic carbocycles. The van der Waals surface area contributed by atoms with Gasteiger partial charge in [-0.3, -0.25) is 4.79 Å². The zero-order valence-electron chi connectivity index (χ0n) is 15.1. The van der Waals surface area contributed by atoms with Crippen LogP contribution in [0, 0.1) is 0 Å². The van der Waals surface area contributed by atoms with Gasteiger partial charge in [0.15, 0.2) is 18.1 Å². The highest BCUT2D eigenvalue weighted by molar-refractivity contribution is 5.78. The van der Waals surface area contributed by atoms with Gasteiger partial charge in [0.05, 0.1) is 18.8 Å². The first-order valence-electron chi connectivity index (χ1n) is 8.98. The summed E-state index contributed by atoms with van der Waals surface area (Å²) < 4.78 is 12.7. The number of methoxy groups -OCH3 is 1. The molecule has 1 saturated heterocycles. The fourth-order valence-electron chi connectivity index (χ4n) is 3.51. The van der Waals surface area contributed by atoms with E-state index in [1.165, 1.54) is 6.33 Å². The second kappa shape index (κ2) is 7.61. The number of carbonyl (C=O) groups is 1. The minimum absolute atomic E-state index is 0.0392. The average molecular weight is 367 g/mol. The molecule has 0 unspecified atom stereocenters. The van der Waals surface area contributed by atoms with Gasteiger partial charge in [-0.15, -0.1) is 0 Å². The minimum Gasteiger partial charge on any atom is -0.493 e. The fourth-order valence-corrected chi connectivity index (χ4v) is 3.51. The second-order valence-electron chi connectivity index (χ2n) is 6.38. The van der Waals surface area contributed by atoms with E-state index in [1.54, 1.807) is 23.9 Å². The molecule has 4 rings (SSSR count). The molecule has 1 aliphatic rings. The van der Waals surface area contributed by atoms with Crippen molar-refractivity contribution in [3.63, 3.8) is 0 Å². The van der Waals surface area contributed by atoms with Gasteiger partial charge in [0, 0.05) is 12.7 Å². The number of benzene rings is 1. The first kappa shape index (κ1) is 17.3. The number of piperidine rings is 1.